The highest BCUT2D eigenvalue weighted by Crippen LogP contribution is 2.70. The number of aliphatic hydroxyl groups is 2. The molecule has 8 aliphatic carbocycles. The molecule has 3 N–H and O–H groups in total. The molecule has 8 aliphatic rings. The molecule has 0 radical (unpaired) electrons. The number of aliphatic hydroxyl groups excluding tert-OH is 2. The smallest absolute Gasteiger partial charge is 0.303 e. The molecule has 6 nitrogen and oxygen atoms in total. The van der Waals surface area contributed by atoms with E-state index in [1.54, 1.807) is 0 Å². The zero-order chi connectivity index (χ0) is 42.1. The number of carboxylic acid groups (broad SMARTS) is 1. The Morgan fingerprint density at radius 2 is 1.17 bits per heavy atom. The quantitative estimate of drug-likeness (QED) is 0.211. The number of carbonyl (C=O) groups excluding carboxylic acids is 2. The van der Waals surface area contributed by atoms with Crippen LogP contribution in [0.1, 0.15) is 184 Å². The average molecular weight is 805 g/mol. The van der Waals surface area contributed by atoms with Crippen LogP contribution in [0.25, 0.3) is 0 Å². The third kappa shape index (κ3) is 7.06. The van der Waals surface area contributed by atoms with Gasteiger partial charge < -0.3 is 15.3 Å². The van der Waals surface area contributed by atoms with Crippen molar-refractivity contribution in [1.29, 1.82) is 0 Å². The topological polar surface area (TPSA) is 112 Å². The number of hydrogen-bond donors (Lipinski definition) is 3. The first kappa shape index (κ1) is 44.5. The summed E-state index contributed by atoms with van der Waals surface area (Å²) in [5.41, 5.74) is 1.90. The molecule has 8 fully saturated rings. The van der Waals surface area contributed by atoms with Gasteiger partial charge in [-0.25, -0.2) is 0 Å². The van der Waals surface area contributed by atoms with Gasteiger partial charge in [-0.3, -0.25) is 14.4 Å². The first-order valence-corrected chi connectivity index (χ1v) is 24.7. The van der Waals surface area contributed by atoms with E-state index in [9.17, 15) is 24.6 Å². The van der Waals surface area contributed by atoms with E-state index in [4.69, 9.17) is 5.11 Å². The highest BCUT2D eigenvalue weighted by atomic mass is 16.4. The van der Waals surface area contributed by atoms with Gasteiger partial charge in [0.15, 0.2) is 5.78 Å². The second kappa shape index (κ2) is 16.6. The molecule has 328 valence electrons. The summed E-state index contributed by atoms with van der Waals surface area (Å²) < 4.78 is 0. The Kier molecular flexibility index (Phi) is 12.8. The van der Waals surface area contributed by atoms with Gasteiger partial charge in [-0.15, -0.1) is 0 Å². The second-order valence-electron chi connectivity index (χ2n) is 23.2. The molecule has 0 aromatic carbocycles. The molecule has 0 spiro atoms. The van der Waals surface area contributed by atoms with Crippen molar-refractivity contribution in [1.82, 2.24) is 0 Å². The Bertz CT molecular complexity index is 1570. The van der Waals surface area contributed by atoms with E-state index in [1.807, 2.05) is 13.0 Å². The molecule has 0 saturated heterocycles. The monoisotopic (exact) mass is 805 g/mol. The lowest BCUT2D eigenvalue weighted by Crippen LogP contribution is -2.60. The maximum Gasteiger partial charge on any atom is 0.303 e. The van der Waals surface area contributed by atoms with Gasteiger partial charge in [0.25, 0.3) is 0 Å². The zero-order valence-corrected chi connectivity index (χ0v) is 38.2. The number of allylic oxidation sites excluding steroid dienone is 2. The minimum absolute atomic E-state index is 0.114. The van der Waals surface area contributed by atoms with Crippen LogP contribution in [0.15, 0.2) is 11.6 Å². The van der Waals surface area contributed by atoms with Crippen molar-refractivity contribution in [3.8, 4) is 0 Å². The standard InChI is InChI=1S/C26H40O4.C26H44O2/c1-5-17-21-14-16(27)10-12-26(21,4)20-11-13-25(3)18(15(2)6-9-22(28)29)7-8-19(25)23(20)24(17)30;1-6-8-16(3)19-9-10-20-23-21(12-14-25(19,20)4)26(5)13-11-17(27)15-22(26)18(7-2)24(23)28/h5,15-16,18-21,23,27H,6-14H2,1-4H3,(H,28,29);16-23,27H,6-15H2,1-5H3/t15-,16-,18-,19?,20?,21+,23?,25-,26-;16-,17-,18-,19-,20?,21?,22?,23?,25-,26-/m11/s1. The fourth-order valence-corrected chi connectivity index (χ4v) is 18.0. The van der Waals surface area contributed by atoms with Crippen molar-refractivity contribution in [2.24, 2.45) is 98.6 Å². The molecule has 19 atom stereocenters. The Balaban J connectivity index is 0.000000177. The molecule has 0 aromatic heterocycles. The van der Waals surface area contributed by atoms with E-state index >= 15 is 0 Å². The predicted molar refractivity (Wildman–Crippen MR) is 232 cm³/mol. The van der Waals surface area contributed by atoms with E-state index in [2.05, 4.69) is 55.4 Å². The average Bonchev–Trinajstić information content (AvgIpc) is 3.73. The van der Waals surface area contributed by atoms with E-state index < -0.39 is 5.97 Å². The lowest BCUT2D eigenvalue weighted by atomic mass is 9.42. The summed E-state index contributed by atoms with van der Waals surface area (Å²) in [6, 6.07) is 0. The molecule has 8 rings (SSSR count). The molecule has 6 heteroatoms. The molecule has 0 amide bonds. The van der Waals surface area contributed by atoms with Crippen LogP contribution in [0.2, 0.25) is 0 Å². The Hall–Kier alpha value is -1.53. The molecule has 0 aliphatic heterocycles. The molecular weight excluding hydrogens is 721 g/mol. The summed E-state index contributed by atoms with van der Waals surface area (Å²) >= 11 is 0. The minimum atomic E-state index is -0.705. The van der Waals surface area contributed by atoms with E-state index in [1.165, 1.54) is 38.5 Å². The summed E-state index contributed by atoms with van der Waals surface area (Å²) in [6.45, 7) is 21.1. The largest absolute Gasteiger partial charge is 0.481 e. The van der Waals surface area contributed by atoms with Crippen molar-refractivity contribution in [2.45, 2.75) is 197 Å². The summed E-state index contributed by atoms with van der Waals surface area (Å²) in [4.78, 5) is 38.8. The molecule has 58 heavy (non-hydrogen) atoms. The first-order chi connectivity index (χ1) is 27.4. The fourth-order valence-electron chi connectivity index (χ4n) is 18.0. The van der Waals surface area contributed by atoms with Crippen LogP contribution in [0, 0.1) is 98.6 Å². The van der Waals surface area contributed by atoms with Crippen molar-refractivity contribution >= 4 is 17.5 Å². The highest BCUT2D eigenvalue weighted by Gasteiger charge is 2.66. The van der Waals surface area contributed by atoms with Gasteiger partial charge in [-0.2, -0.15) is 0 Å². The van der Waals surface area contributed by atoms with Crippen LogP contribution in [0.3, 0.4) is 0 Å². The number of carbonyl (C=O) groups is 3. The van der Waals surface area contributed by atoms with E-state index in [0.29, 0.717) is 64.3 Å². The highest BCUT2D eigenvalue weighted by molar-refractivity contribution is 5.99. The molecule has 0 aromatic rings. The molecule has 8 saturated carbocycles. The maximum atomic E-state index is 13.9. The Morgan fingerprint density at radius 1 is 0.672 bits per heavy atom. The summed E-state index contributed by atoms with van der Waals surface area (Å²) in [5, 5.41) is 29.9. The van der Waals surface area contributed by atoms with Crippen molar-refractivity contribution in [3.63, 3.8) is 0 Å². The van der Waals surface area contributed by atoms with Crippen LogP contribution in [-0.4, -0.2) is 45.1 Å². The van der Waals surface area contributed by atoms with Crippen molar-refractivity contribution < 1.29 is 29.7 Å². The lowest BCUT2D eigenvalue weighted by Gasteiger charge is -2.62. The number of hydrogen-bond acceptors (Lipinski definition) is 5. The lowest BCUT2D eigenvalue weighted by molar-refractivity contribution is -0.173. The number of Topliss-reactive ketones (excluding diaryl/α,β-unsaturated/α-hetero) is 2. The maximum absolute atomic E-state index is 13.9. The second-order valence-corrected chi connectivity index (χ2v) is 23.2. The third-order valence-corrected chi connectivity index (χ3v) is 20.9. The summed E-state index contributed by atoms with van der Waals surface area (Å²) in [5.74, 6) is 6.03. The van der Waals surface area contributed by atoms with Crippen LogP contribution in [0.5, 0.6) is 0 Å². The van der Waals surface area contributed by atoms with Crippen LogP contribution >= 0.6 is 0 Å². The Labute approximate surface area is 352 Å². The Morgan fingerprint density at radius 3 is 1.72 bits per heavy atom. The summed E-state index contributed by atoms with van der Waals surface area (Å²) in [6.07, 6.45) is 21.4. The van der Waals surface area contributed by atoms with Gasteiger partial charge in [-0.05, 0) is 196 Å². The van der Waals surface area contributed by atoms with E-state index in [-0.39, 0.29) is 52.6 Å². The van der Waals surface area contributed by atoms with Crippen molar-refractivity contribution in [2.75, 3.05) is 0 Å². The number of carboxylic acids is 1. The molecule has 7 unspecified atom stereocenters. The van der Waals surface area contributed by atoms with Crippen molar-refractivity contribution in [3.05, 3.63) is 11.6 Å². The number of ketones is 2. The van der Waals surface area contributed by atoms with Gasteiger partial charge >= 0.3 is 5.97 Å². The fraction of sp³-hybridized carbons (Fsp3) is 0.904. The first-order valence-electron chi connectivity index (χ1n) is 24.7. The molecule has 0 bridgehead atoms. The molecule has 0 heterocycles. The summed E-state index contributed by atoms with van der Waals surface area (Å²) in [7, 11) is 0. The van der Waals surface area contributed by atoms with Gasteiger partial charge in [-0.1, -0.05) is 74.3 Å². The van der Waals surface area contributed by atoms with Crippen LogP contribution in [0.4, 0.5) is 0 Å². The van der Waals surface area contributed by atoms with Crippen LogP contribution in [-0.2, 0) is 14.4 Å². The SMILES string of the molecule is CC=C1C(=O)C2C3CC[C@H]([C@H](C)CCC(=O)O)[C@@]3(C)CCC2[C@@]2(C)CC[C@@H](O)C[C@@H]12.CCC[C@@H](C)[C@H]1CCC2C3C(=O)[C@H](CC)C4C[C@H](O)CC[C@]4(C)C3CC[C@@]21C. The minimum Gasteiger partial charge on any atom is -0.481 e. The van der Waals surface area contributed by atoms with Gasteiger partial charge in [0.2, 0.25) is 0 Å². The number of aliphatic carboxylic acids is 1. The van der Waals surface area contributed by atoms with E-state index in [0.717, 1.165) is 94.5 Å². The van der Waals surface area contributed by atoms with Crippen LogP contribution < -0.4 is 0 Å². The van der Waals surface area contributed by atoms with Gasteiger partial charge in [0.1, 0.15) is 5.78 Å². The number of rotatable bonds is 8. The van der Waals surface area contributed by atoms with Gasteiger partial charge in [0, 0.05) is 24.2 Å². The molecular formula is C52H84O6. The van der Waals surface area contributed by atoms with Gasteiger partial charge in [0.05, 0.1) is 12.2 Å². The third-order valence-electron chi connectivity index (χ3n) is 20.9. The number of fused-ring (bicyclic) bond motifs is 10. The zero-order valence-electron chi connectivity index (χ0n) is 38.2. The predicted octanol–water partition coefficient (Wildman–Crippen LogP) is 11.5. The normalized spacial score (nSPS) is 49.9.